The van der Waals surface area contributed by atoms with E-state index in [1.165, 1.54) is 0 Å². The summed E-state index contributed by atoms with van der Waals surface area (Å²) in [7, 11) is 16.5. The van der Waals surface area contributed by atoms with E-state index in [0.29, 0.717) is 4.44 Å². The summed E-state index contributed by atoms with van der Waals surface area (Å²) in [6.07, 6.45) is 0.201. The Kier molecular flexibility index (Phi) is 4.63. The van der Waals surface area contributed by atoms with Crippen LogP contribution >= 0.6 is 26.8 Å². The van der Waals surface area contributed by atoms with E-state index in [2.05, 4.69) is 0 Å². The van der Waals surface area contributed by atoms with Gasteiger partial charge in [-0.2, -0.15) is 0 Å². The number of amides is 1. The van der Waals surface area contributed by atoms with Crippen LogP contribution in [0.1, 0.15) is 6.42 Å². The predicted octanol–water partition coefficient (Wildman–Crippen LogP) is 1.52. The van der Waals surface area contributed by atoms with E-state index in [9.17, 15) is 4.79 Å². The molecule has 1 amide bonds. The van der Waals surface area contributed by atoms with Crippen LogP contribution in [-0.4, -0.2) is 20.9 Å². The van der Waals surface area contributed by atoms with E-state index >= 15 is 0 Å². The monoisotopic (exact) mass is 297 g/mol. The van der Waals surface area contributed by atoms with Crippen molar-refractivity contribution >= 4 is 47.7 Å². The van der Waals surface area contributed by atoms with Gasteiger partial charge < -0.3 is 0 Å². The number of hydrogen-bond acceptors (Lipinski definition) is 1. The van der Waals surface area contributed by atoms with Crippen LogP contribution in [0, 0.1) is 0 Å². The summed E-state index contributed by atoms with van der Waals surface area (Å²) in [6, 6.07) is 0. The molecule has 0 aromatic rings. The second kappa shape index (κ2) is 4.11. The predicted molar refractivity (Wildman–Crippen MR) is 41.9 cm³/mol. The zero-order valence-electron chi connectivity index (χ0n) is 4.53. The van der Waals surface area contributed by atoms with Crippen molar-refractivity contribution in [2.75, 3.05) is 0 Å². The molecule has 0 unspecified atom stereocenters. The molecule has 0 aromatic carbocycles. The third-order valence-corrected chi connectivity index (χ3v) is 6.79. The van der Waals surface area contributed by atoms with E-state index in [0.717, 1.165) is 0 Å². The van der Waals surface area contributed by atoms with Gasteiger partial charge in [0.1, 0.15) is 0 Å². The van der Waals surface area contributed by atoms with E-state index in [1.807, 2.05) is 0 Å². The molecule has 2 N–H and O–H groups in total. The molecule has 6 heteroatoms. The normalized spacial score (nSPS) is 11.4. The first-order valence-corrected chi connectivity index (χ1v) is 15.1. The summed E-state index contributed by atoms with van der Waals surface area (Å²) in [6.45, 7) is 0. The fourth-order valence-electron chi connectivity index (χ4n) is 0.265. The first-order chi connectivity index (χ1) is 3.92. The van der Waals surface area contributed by atoms with Crippen molar-refractivity contribution in [3.63, 3.8) is 0 Å². The minimum absolute atomic E-state index is 0.201. The molecule has 0 aliphatic rings. The molecule has 0 rings (SSSR count). The molecule has 0 atom stereocenters. The Morgan fingerprint density at radius 1 is 1.44 bits per heavy atom. The molecule has 54 valence electrons. The summed E-state index contributed by atoms with van der Waals surface area (Å²) in [5.41, 5.74) is 4.82. The molecule has 0 bridgehead atoms. The molecule has 0 aliphatic heterocycles. The number of rotatable bonds is 3. The first-order valence-electron chi connectivity index (χ1n) is 2.27. The summed E-state index contributed by atoms with van der Waals surface area (Å²) < 4.78 is 0.384. The van der Waals surface area contributed by atoms with Gasteiger partial charge in [-0.05, 0) is 0 Å². The van der Waals surface area contributed by atoms with Crippen molar-refractivity contribution in [2.24, 2.45) is 5.73 Å². The van der Waals surface area contributed by atoms with E-state index in [1.54, 1.807) is 0 Å². The number of carbonyl (C=O) groups is 1. The van der Waals surface area contributed by atoms with Crippen LogP contribution in [0.25, 0.3) is 0 Å². The van der Waals surface area contributed by atoms with Crippen LogP contribution in [-0.2, 0) is 4.79 Å². The third kappa shape index (κ3) is 9.14. The van der Waals surface area contributed by atoms with Crippen LogP contribution in [0.4, 0.5) is 0 Å². The number of primary amides is 1. The summed E-state index contributed by atoms with van der Waals surface area (Å²) in [5.74, 6) is -0.405. The van der Waals surface area contributed by atoms with E-state index < -0.39 is 20.9 Å². The van der Waals surface area contributed by atoms with Crippen molar-refractivity contribution in [3.05, 3.63) is 0 Å². The van der Waals surface area contributed by atoms with Crippen molar-refractivity contribution < 1.29 is 4.79 Å². The number of hydrogen-bond donors (Lipinski definition) is 1. The Labute approximate surface area is 68.7 Å². The van der Waals surface area contributed by atoms with Gasteiger partial charge in [-0.25, -0.2) is 0 Å². The standard InChI is InChI=1S/C3H6NO.3ClH.Sn/c1-2-3(4)5;;;;/h1-2H2,(H2,4,5);3*1H;/q;;;;+3/p-3. The average molecular weight is 297 g/mol. The number of nitrogens with two attached hydrogens (primary N) is 1. The summed E-state index contributed by atoms with van der Waals surface area (Å²) in [4.78, 5) is 10.1. The van der Waals surface area contributed by atoms with Crippen LogP contribution < -0.4 is 5.73 Å². The Hall–Kier alpha value is 1.14. The quantitative estimate of drug-likeness (QED) is 0.789. The Balaban J connectivity index is 3.39. The van der Waals surface area contributed by atoms with Gasteiger partial charge in [0.2, 0.25) is 0 Å². The number of halogens is 3. The zero-order chi connectivity index (χ0) is 7.49. The molecule has 0 fully saturated rings. The maximum absolute atomic E-state index is 10.1. The van der Waals surface area contributed by atoms with Gasteiger partial charge in [0.25, 0.3) is 0 Å². The fourth-order valence-corrected chi connectivity index (χ4v) is 3.68. The van der Waals surface area contributed by atoms with Gasteiger partial charge in [0.15, 0.2) is 0 Å². The van der Waals surface area contributed by atoms with Crippen molar-refractivity contribution in [2.45, 2.75) is 10.9 Å². The second-order valence-corrected chi connectivity index (χ2v) is 23.4. The van der Waals surface area contributed by atoms with Gasteiger partial charge in [-0.3, -0.25) is 0 Å². The minimum atomic E-state index is -3.25. The Bertz CT molecular complexity index is 112. The van der Waals surface area contributed by atoms with Crippen LogP contribution in [0.2, 0.25) is 4.44 Å². The molecular formula is C3H6Cl3NOSn. The molecule has 0 radical (unpaired) electrons. The van der Waals surface area contributed by atoms with Crippen molar-refractivity contribution in [1.82, 2.24) is 0 Å². The molecule has 9 heavy (non-hydrogen) atoms. The van der Waals surface area contributed by atoms with Gasteiger partial charge in [-0.1, -0.05) is 0 Å². The molecule has 0 heterocycles. The molecule has 0 aliphatic carbocycles. The zero-order valence-corrected chi connectivity index (χ0v) is 9.66. The number of carbonyl (C=O) groups excluding carboxylic acids is 1. The SMILES string of the molecule is NC(=O)C[CH2][Sn]([Cl])([Cl])[Cl]. The van der Waals surface area contributed by atoms with E-state index in [-0.39, 0.29) is 6.42 Å². The van der Waals surface area contributed by atoms with Crippen LogP contribution in [0.5, 0.6) is 0 Å². The maximum atomic E-state index is 10.1. The van der Waals surface area contributed by atoms with Gasteiger partial charge in [0.05, 0.1) is 0 Å². The second-order valence-electron chi connectivity index (χ2n) is 1.58. The van der Waals surface area contributed by atoms with Crippen molar-refractivity contribution in [1.29, 1.82) is 0 Å². The Morgan fingerprint density at radius 2 is 1.89 bits per heavy atom. The Morgan fingerprint density at radius 3 is 2.00 bits per heavy atom. The molecular weight excluding hydrogens is 291 g/mol. The topological polar surface area (TPSA) is 43.1 Å². The van der Waals surface area contributed by atoms with Crippen LogP contribution in [0.3, 0.4) is 0 Å². The van der Waals surface area contributed by atoms with Gasteiger partial charge in [0, 0.05) is 0 Å². The van der Waals surface area contributed by atoms with Gasteiger partial charge in [-0.15, -0.1) is 0 Å². The summed E-state index contributed by atoms with van der Waals surface area (Å²) >= 11 is -3.25. The van der Waals surface area contributed by atoms with Gasteiger partial charge >= 0.3 is 69.1 Å². The average Bonchev–Trinajstić information content (AvgIpc) is 1.59. The first kappa shape index (κ1) is 10.1. The van der Waals surface area contributed by atoms with E-state index in [4.69, 9.17) is 32.5 Å². The molecule has 0 saturated heterocycles. The fraction of sp³-hybridized carbons (Fsp3) is 0.667. The van der Waals surface area contributed by atoms with Crippen molar-refractivity contribution in [3.8, 4) is 0 Å². The molecule has 2 nitrogen and oxygen atoms in total. The third-order valence-electron chi connectivity index (χ3n) is 0.655. The molecule has 0 spiro atoms. The molecule has 0 saturated carbocycles. The molecule has 0 aromatic heterocycles. The van der Waals surface area contributed by atoms with Crippen LogP contribution in [0.15, 0.2) is 0 Å². The summed E-state index contributed by atoms with van der Waals surface area (Å²) in [5, 5.41) is 0.